The SMILES string of the molecule is Cc1c(C(=O)NCCCOCC(C)C)nnn1C1CCNCC1.Cl. The number of nitrogens with one attached hydrogen (secondary N) is 2. The molecule has 1 fully saturated rings. The van der Waals surface area contributed by atoms with Crippen LogP contribution in [0.1, 0.15) is 55.3 Å². The third kappa shape index (κ3) is 6.03. The summed E-state index contributed by atoms with van der Waals surface area (Å²) in [6.45, 7) is 10.2. The van der Waals surface area contributed by atoms with Gasteiger partial charge in [0.2, 0.25) is 0 Å². The molecule has 1 aliphatic rings. The van der Waals surface area contributed by atoms with Gasteiger partial charge in [-0.25, -0.2) is 4.68 Å². The first-order chi connectivity index (χ1) is 11.1. The molecule has 1 amide bonds. The van der Waals surface area contributed by atoms with Crippen molar-refractivity contribution in [3.8, 4) is 0 Å². The molecule has 2 rings (SSSR count). The lowest BCUT2D eigenvalue weighted by Gasteiger charge is -2.23. The largest absolute Gasteiger partial charge is 0.381 e. The van der Waals surface area contributed by atoms with Crippen molar-refractivity contribution in [3.05, 3.63) is 11.4 Å². The molecule has 7 nitrogen and oxygen atoms in total. The number of amides is 1. The molecule has 1 saturated heterocycles. The van der Waals surface area contributed by atoms with E-state index in [9.17, 15) is 4.79 Å². The van der Waals surface area contributed by atoms with Crippen LogP contribution in [0.15, 0.2) is 0 Å². The van der Waals surface area contributed by atoms with Crippen LogP contribution in [0.25, 0.3) is 0 Å². The minimum atomic E-state index is -0.147. The fourth-order valence-electron chi connectivity index (χ4n) is 2.73. The molecule has 0 radical (unpaired) electrons. The number of halogens is 1. The van der Waals surface area contributed by atoms with Crippen LogP contribution in [0, 0.1) is 12.8 Å². The molecule has 0 spiro atoms. The number of aromatic nitrogens is 3. The Labute approximate surface area is 150 Å². The maximum atomic E-state index is 12.2. The highest BCUT2D eigenvalue weighted by molar-refractivity contribution is 5.93. The van der Waals surface area contributed by atoms with E-state index in [4.69, 9.17) is 4.74 Å². The zero-order valence-corrected chi connectivity index (χ0v) is 15.7. The van der Waals surface area contributed by atoms with Crippen LogP contribution in [0.5, 0.6) is 0 Å². The quantitative estimate of drug-likeness (QED) is 0.691. The Balaban J connectivity index is 0.00000288. The Bertz CT molecular complexity index is 501. The average molecular weight is 360 g/mol. The van der Waals surface area contributed by atoms with Gasteiger partial charge in [-0.15, -0.1) is 17.5 Å². The Kier molecular flexibility index (Phi) is 9.25. The number of ether oxygens (including phenoxy) is 1. The third-order valence-electron chi connectivity index (χ3n) is 4.00. The van der Waals surface area contributed by atoms with Crippen molar-refractivity contribution in [1.82, 2.24) is 25.6 Å². The van der Waals surface area contributed by atoms with Gasteiger partial charge in [-0.1, -0.05) is 19.1 Å². The lowest BCUT2D eigenvalue weighted by Crippen LogP contribution is -2.30. The van der Waals surface area contributed by atoms with E-state index in [1.165, 1.54) is 0 Å². The van der Waals surface area contributed by atoms with Gasteiger partial charge < -0.3 is 15.4 Å². The van der Waals surface area contributed by atoms with Gasteiger partial charge in [0.25, 0.3) is 5.91 Å². The fourth-order valence-corrected chi connectivity index (χ4v) is 2.73. The standard InChI is InChI=1S/C16H29N5O2.ClH/c1-12(2)11-23-10-4-7-18-16(22)15-13(3)21(20-19-15)14-5-8-17-9-6-14;/h12,14,17H,4-11H2,1-3H3,(H,18,22);1H. The highest BCUT2D eigenvalue weighted by Gasteiger charge is 2.22. The van der Waals surface area contributed by atoms with Crippen molar-refractivity contribution in [2.75, 3.05) is 32.8 Å². The second-order valence-corrected chi connectivity index (χ2v) is 6.53. The van der Waals surface area contributed by atoms with Gasteiger partial charge in [0.15, 0.2) is 5.69 Å². The summed E-state index contributed by atoms with van der Waals surface area (Å²) in [7, 11) is 0. The van der Waals surface area contributed by atoms with Gasteiger partial charge in [0.05, 0.1) is 11.7 Å². The topological polar surface area (TPSA) is 81.1 Å². The minimum absolute atomic E-state index is 0. The maximum absolute atomic E-state index is 12.2. The summed E-state index contributed by atoms with van der Waals surface area (Å²) >= 11 is 0. The molecule has 8 heteroatoms. The summed E-state index contributed by atoms with van der Waals surface area (Å²) in [4.78, 5) is 12.2. The van der Waals surface area contributed by atoms with Crippen LogP contribution in [-0.4, -0.2) is 53.7 Å². The van der Waals surface area contributed by atoms with Gasteiger partial charge >= 0.3 is 0 Å². The van der Waals surface area contributed by atoms with Crippen LogP contribution >= 0.6 is 12.4 Å². The first kappa shape index (κ1) is 20.9. The number of hydrogen-bond donors (Lipinski definition) is 2. The summed E-state index contributed by atoms with van der Waals surface area (Å²) in [5.74, 6) is 0.392. The van der Waals surface area contributed by atoms with Gasteiger partial charge in [-0.2, -0.15) is 0 Å². The molecule has 2 N–H and O–H groups in total. The Morgan fingerprint density at radius 1 is 1.42 bits per heavy atom. The van der Waals surface area contributed by atoms with Gasteiger partial charge in [0, 0.05) is 19.8 Å². The summed E-state index contributed by atoms with van der Waals surface area (Å²) < 4.78 is 7.40. The molecule has 1 aromatic heterocycles. The van der Waals surface area contributed by atoms with Crippen molar-refractivity contribution >= 4 is 18.3 Å². The molecular weight excluding hydrogens is 330 g/mol. The second kappa shape index (κ2) is 10.6. The Hall–Kier alpha value is -1.18. The predicted octanol–water partition coefficient (Wildman–Crippen LogP) is 1.73. The number of carbonyl (C=O) groups is 1. The first-order valence-electron chi connectivity index (χ1n) is 8.58. The molecule has 0 aromatic carbocycles. The summed E-state index contributed by atoms with van der Waals surface area (Å²) in [6.07, 6.45) is 2.86. The predicted molar refractivity (Wildman–Crippen MR) is 95.8 cm³/mol. The summed E-state index contributed by atoms with van der Waals surface area (Å²) in [5, 5.41) is 14.5. The summed E-state index contributed by atoms with van der Waals surface area (Å²) in [5.41, 5.74) is 1.29. The van der Waals surface area contributed by atoms with Gasteiger partial charge in [0.1, 0.15) is 0 Å². The van der Waals surface area contributed by atoms with Crippen molar-refractivity contribution in [2.45, 2.75) is 46.1 Å². The lowest BCUT2D eigenvalue weighted by atomic mass is 10.1. The van der Waals surface area contributed by atoms with Crippen LogP contribution in [0.3, 0.4) is 0 Å². The number of piperidine rings is 1. The molecule has 0 aliphatic carbocycles. The van der Waals surface area contributed by atoms with E-state index in [1.807, 2.05) is 11.6 Å². The molecule has 0 unspecified atom stereocenters. The van der Waals surface area contributed by atoms with E-state index in [1.54, 1.807) is 0 Å². The van der Waals surface area contributed by atoms with E-state index >= 15 is 0 Å². The maximum Gasteiger partial charge on any atom is 0.273 e. The highest BCUT2D eigenvalue weighted by atomic mass is 35.5. The Morgan fingerprint density at radius 2 is 2.12 bits per heavy atom. The molecule has 138 valence electrons. The lowest BCUT2D eigenvalue weighted by molar-refractivity contribution is 0.0920. The van der Waals surface area contributed by atoms with Crippen molar-refractivity contribution < 1.29 is 9.53 Å². The van der Waals surface area contributed by atoms with Crippen molar-refractivity contribution in [2.24, 2.45) is 5.92 Å². The van der Waals surface area contributed by atoms with E-state index < -0.39 is 0 Å². The van der Waals surface area contributed by atoms with E-state index in [0.29, 0.717) is 30.8 Å². The molecule has 2 heterocycles. The second-order valence-electron chi connectivity index (χ2n) is 6.53. The monoisotopic (exact) mass is 359 g/mol. The van der Waals surface area contributed by atoms with Gasteiger partial charge in [-0.05, 0) is 45.2 Å². The first-order valence-corrected chi connectivity index (χ1v) is 8.58. The number of hydrogen-bond acceptors (Lipinski definition) is 5. The molecular formula is C16H30ClN5O2. The number of carbonyl (C=O) groups excluding carboxylic acids is 1. The minimum Gasteiger partial charge on any atom is -0.381 e. The third-order valence-corrected chi connectivity index (χ3v) is 4.00. The van der Waals surface area contributed by atoms with Crippen LogP contribution in [0.4, 0.5) is 0 Å². The zero-order valence-electron chi connectivity index (χ0n) is 14.9. The van der Waals surface area contributed by atoms with Crippen molar-refractivity contribution in [3.63, 3.8) is 0 Å². The molecule has 0 bridgehead atoms. The molecule has 0 atom stereocenters. The molecule has 24 heavy (non-hydrogen) atoms. The Morgan fingerprint density at radius 3 is 2.79 bits per heavy atom. The molecule has 0 saturated carbocycles. The van der Waals surface area contributed by atoms with Crippen molar-refractivity contribution in [1.29, 1.82) is 0 Å². The van der Waals surface area contributed by atoms with Crippen LogP contribution in [0.2, 0.25) is 0 Å². The van der Waals surface area contributed by atoms with E-state index in [-0.39, 0.29) is 18.3 Å². The molecule has 1 aromatic rings. The molecule has 1 aliphatic heterocycles. The highest BCUT2D eigenvalue weighted by Crippen LogP contribution is 2.20. The van der Waals surface area contributed by atoms with Crippen LogP contribution < -0.4 is 10.6 Å². The normalized spacial score (nSPS) is 15.3. The number of nitrogens with zero attached hydrogens (tertiary/aromatic N) is 3. The fraction of sp³-hybridized carbons (Fsp3) is 0.812. The zero-order chi connectivity index (χ0) is 16.7. The van der Waals surface area contributed by atoms with E-state index in [2.05, 4.69) is 34.8 Å². The summed E-state index contributed by atoms with van der Waals surface area (Å²) in [6, 6.07) is 0.342. The van der Waals surface area contributed by atoms with E-state index in [0.717, 1.165) is 44.7 Å². The number of rotatable bonds is 8. The van der Waals surface area contributed by atoms with Gasteiger partial charge in [-0.3, -0.25) is 4.79 Å². The average Bonchev–Trinajstić information content (AvgIpc) is 2.93. The van der Waals surface area contributed by atoms with Crippen LogP contribution in [-0.2, 0) is 4.74 Å². The smallest absolute Gasteiger partial charge is 0.273 e.